The molecule has 0 bridgehead atoms. The van der Waals surface area contributed by atoms with Crippen LogP contribution in [-0.2, 0) is 14.8 Å². The van der Waals surface area contributed by atoms with Crippen molar-refractivity contribution in [3.8, 4) is 0 Å². The molecule has 0 saturated carbocycles. The minimum absolute atomic E-state index is 0.0268. The normalized spacial score (nSPS) is 15.4. The average Bonchev–Trinajstić information content (AvgIpc) is 2.76. The predicted molar refractivity (Wildman–Crippen MR) is 127 cm³/mol. The van der Waals surface area contributed by atoms with Crippen molar-refractivity contribution < 1.29 is 18.0 Å². The Labute approximate surface area is 190 Å². The van der Waals surface area contributed by atoms with Gasteiger partial charge in [0.2, 0.25) is 5.91 Å². The van der Waals surface area contributed by atoms with Crippen molar-refractivity contribution in [2.75, 3.05) is 15.4 Å². The molecule has 1 aliphatic heterocycles. The molecule has 1 heterocycles. The summed E-state index contributed by atoms with van der Waals surface area (Å²) in [6.45, 7) is 3.73. The first-order valence-electron chi connectivity index (χ1n) is 9.84. The number of hydrogen-bond donors (Lipinski definition) is 3. The number of amides is 2. The van der Waals surface area contributed by atoms with Gasteiger partial charge in [-0.15, -0.1) is 11.8 Å². The average molecular weight is 468 g/mol. The third-order valence-corrected chi connectivity index (χ3v) is 7.44. The Morgan fingerprint density at radius 1 is 1.00 bits per heavy atom. The first-order valence-corrected chi connectivity index (χ1v) is 12.2. The highest BCUT2D eigenvalue weighted by Crippen LogP contribution is 2.36. The largest absolute Gasteiger partial charge is 0.324 e. The first kappa shape index (κ1) is 21.9. The molecule has 2 amide bonds. The van der Waals surface area contributed by atoms with Crippen molar-refractivity contribution in [2.24, 2.45) is 0 Å². The van der Waals surface area contributed by atoms with Gasteiger partial charge in [-0.25, -0.2) is 8.42 Å². The number of sulfonamides is 1. The number of thioether (sulfide) groups is 1. The van der Waals surface area contributed by atoms with Crippen LogP contribution >= 0.6 is 11.8 Å². The van der Waals surface area contributed by atoms with E-state index in [0.29, 0.717) is 22.6 Å². The van der Waals surface area contributed by atoms with Gasteiger partial charge in [0.1, 0.15) is 0 Å². The van der Waals surface area contributed by atoms with Crippen LogP contribution in [0.3, 0.4) is 0 Å². The molecule has 1 atom stereocenters. The van der Waals surface area contributed by atoms with E-state index in [4.69, 9.17) is 0 Å². The lowest BCUT2D eigenvalue weighted by molar-refractivity contribution is -0.115. The Hall–Kier alpha value is -3.30. The molecule has 0 radical (unpaired) electrons. The first-order chi connectivity index (χ1) is 15.2. The summed E-state index contributed by atoms with van der Waals surface area (Å²) in [4.78, 5) is 25.6. The molecule has 4 rings (SSSR count). The van der Waals surface area contributed by atoms with Crippen molar-refractivity contribution in [2.45, 2.75) is 28.9 Å². The van der Waals surface area contributed by atoms with Crippen LogP contribution in [0.5, 0.6) is 0 Å². The van der Waals surface area contributed by atoms with Crippen LogP contribution in [0.1, 0.15) is 22.8 Å². The maximum absolute atomic E-state index is 12.7. The second-order valence-electron chi connectivity index (χ2n) is 7.41. The lowest BCUT2D eigenvalue weighted by atomic mass is 10.1. The van der Waals surface area contributed by atoms with Gasteiger partial charge in [0, 0.05) is 21.8 Å². The van der Waals surface area contributed by atoms with Gasteiger partial charge in [0.05, 0.1) is 15.8 Å². The number of hydrogen-bond acceptors (Lipinski definition) is 5. The number of aryl methyl sites for hydroxylation is 1. The van der Waals surface area contributed by atoms with Crippen LogP contribution in [0.25, 0.3) is 0 Å². The molecule has 1 aliphatic rings. The molecular formula is C23H21N3O4S2. The molecule has 3 aromatic rings. The fraction of sp³-hybridized carbons (Fsp3) is 0.130. The molecule has 164 valence electrons. The number of nitrogens with one attached hydrogen (secondary N) is 3. The summed E-state index contributed by atoms with van der Waals surface area (Å²) in [7, 11) is -3.82. The van der Waals surface area contributed by atoms with E-state index in [0.717, 1.165) is 10.5 Å². The van der Waals surface area contributed by atoms with Crippen molar-refractivity contribution in [1.82, 2.24) is 0 Å². The van der Waals surface area contributed by atoms with Crippen LogP contribution in [-0.4, -0.2) is 25.5 Å². The fourth-order valence-electron chi connectivity index (χ4n) is 3.13. The van der Waals surface area contributed by atoms with Gasteiger partial charge >= 0.3 is 0 Å². The van der Waals surface area contributed by atoms with E-state index in [9.17, 15) is 18.0 Å². The van der Waals surface area contributed by atoms with Crippen molar-refractivity contribution in [1.29, 1.82) is 0 Å². The highest BCUT2D eigenvalue weighted by molar-refractivity contribution is 8.01. The summed E-state index contributed by atoms with van der Waals surface area (Å²) >= 11 is 1.43. The van der Waals surface area contributed by atoms with Crippen LogP contribution in [0.15, 0.2) is 76.5 Å². The number of rotatable bonds is 5. The molecule has 0 spiro atoms. The van der Waals surface area contributed by atoms with Gasteiger partial charge in [0.15, 0.2) is 0 Å². The molecule has 32 heavy (non-hydrogen) atoms. The topological polar surface area (TPSA) is 104 Å². The van der Waals surface area contributed by atoms with E-state index in [2.05, 4.69) is 15.4 Å². The number of carbonyl (C=O) groups is 2. The smallest absolute Gasteiger partial charge is 0.261 e. The summed E-state index contributed by atoms with van der Waals surface area (Å²) in [5, 5.41) is 5.32. The fourth-order valence-corrected chi connectivity index (χ4v) is 5.16. The van der Waals surface area contributed by atoms with E-state index >= 15 is 0 Å². The minimum atomic E-state index is -3.82. The SMILES string of the molecule is Cc1ccc(NS(=O)(=O)c2cccc(NC(=O)c3ccc4c(c3)NC(=O)C(C)S4)c2)cc1. The van der Waals surface area contributed by atoms with E-state index in [-0.39, 0.29) is 16.1 Å². The van der Waals surface area contributed by atoms with Gasteiger partial charge in [-0.2, -0.15) is 0 Å². The van der Waals surface area contributed by atoms with Crippen LogP contribution in [0.4, 0.5) is 17.1 Å². The molecule has 0 aromatic heterocycles. The minimum Gasteiger partial charge on any atom is -0.324 e. The maximum atomic E-state index is 12.7. The number of anilines is 3. The summed E-state index contributed by atoms with van der Waals surface area (Å²) < 4.78 is 28.0. The van der Waals surface area contributed by atoms with Gasteiger partial charge in [-0.1, -0.05) is 23.8 Å². The summed E-state index contributed by atoms with van der Waals surface area (Å²) in [5.74, 6) is -0.522. The number of fused-ring (bicyclic) bond motifs is 1. The molecule has 7 nitrogen and oxygen atoms in total. The summed E-state index contributed by atoms with van der Waals surface area (Å²) in [6.07, 6.45) is 0. The van der Waals surface area contributed by atoms with E-state index in [1.165, 1.54) is 23.9 Å². The van der Waals surface area contributed by atoms with E-state index in [1.807, 2.05) is 26.0 Å². The van der Waals surface area contributed by atoms with Crippen molar-refractivity contribution in [3.05, 3.63) is 77.9 Å². The van der Waals surface area contributed by atoms with Gasteiger partial charge < -0.3 is 10.6 Å². The highest BCUT2D eigenvalue weighted by atomic mass is 32.2. The molecular weight excluding hydrogens is 446 g/mol. The third kappa shape index (κ3) is 4.79. The number of carbonyl (C=O) groups excluding carboxylic acids is 2. The molecule has 0 fully saturated rings. The predicted octanol–water partition coefficient (Wildman–Crippen LogP) is 4.48. The standard InChI is InChI=1S/C23H21N3O4S2/c1-14-6-9-17(10-7-14)26-32(29,30)19-5-3-4-18(13-19)24-23(28)16-8-11-21-20(12-16)25-22(27)15(2)31-21/h3-13,15,26H,1-2H3,(H,24,28)(H,25,27). The van der Waals surface area contributed by atoms with Gasteiger partial charge in [-0.05, 0) is 62.4 Å². The Morgan fingerprint density at radius 3 is 2.50 bits per heavy atom. The third-order valence-electron chi connectivity index (χ3n) is 4.88. The number of benzene rings is 3. The lowest BCUT2D eigenvalue weighted by Crippen LogP contribution is -2.26. The maximum Gasteiger partial charge on any atom is 0.261 e. The summed E-state index contributed by atoms with van der Waals surface area (Å²) in [5.41, 5.74) is 2.75. The van der Waals surface area contributed by atoms with Gasteiger partial charge in [0.25, 0.3) is 15.9 Å². The Morgan fingerprint density at radius 2 is 1.75 bits per heavy atom. The van der Waals surface area contributed by atoms with Crippen LogP contribution < -0.4 is 15.4 Å². The van der Waals surface area contributed by atoms with Crippen molar-refractivity contribution in [3.63, 3.8) is 0 Å². The van der Waals surface area contributed by atoms with E-state index < -0.39 is 15.9 Å². The van der Waals surface area contributed by atoms with E-state index in [1.54, 1.807) is 42.5 Å². The van der Waals surface area contributed by atoms with Gasteiger partial charge in [-0.3, -0.25) is 14.3 Å². The molecule has 3 aromatic carbocycles. The Bertz CT molecular complexity index is 1310. The highest BCUT2D eigenvalue weighted by Gasteiger charge is 2.24. The lowest BCUT2D eigenvalue weighted by Gasteiger charge is -2.21. The van der Waals surface area contributed by atoms with Crippen molar-refractivity contribution >= 4 is 50.7 Å². The summed E-state index contributed by atoms with van der Waals surface area (Å²) in [6, 6.07) is 18.1. The zero-order chi connectivity index (χ0) is 22.9. The Kier molecular flexibility index (Phi) is 5.94. The Balaban J connectivity index is 1.51. The zero-order valence-corrected chi connectivity index (χ0v) is 19.0. The zero-order valence-electron chi connectivity index (χ0n) is 17.4. The second-order valence-corrected chi connectivity index (χ2v) is 10.5. The quantitative estimate of drug-likeness (QED) is 0.513. The molecule has 0 saturated heterocycles. The molecule has 1 unspecified atom stereocenters. The molecule has 9 heteroatoms. The molecule has 0 aliphatic carbocycles. The molecule has 3 N–H and O–H groups in total. The monoisotopic (exact) mass is 467 g/mol. The second kappa shape index (κ2) is 8.68. The van der Waals surface area contributed by atoms with Crippen LogP contribution in [0, 0.1) is 6.92 Å². The van der Waals surface area contributed by atoms with Crippen LogP contribution in [0.2, 0.25) is 0 Å².